The Balaban J connectivity index is 1.88. The van der Waals surface area contributed by atoms with E-state index in [1.165, 1.54) is 24.9 Å². The lowest BCUT2D eigenvalue weighted by molar-refractivity contribution is -0.116. The van der Waals surface area contributed by atoms with Gasteiger partial charge in [0.05, 0.1) is 0 Å². The van der Waals surface area contributed by atoms with Gasteiger partial charge in [-0.2, -0.15) is 0 Å². The molecule has 1 aliphatic rings. The van der Waals surface area contributed by atoms with Gasteiger partial charge < -0.3 is 16.0 Å². The summed E-state index contributed by atoms with van der Waals surface area (Å²) in [6.07, 6.45) is 4.24. The Morgan fingerprint density at radius 2 is 1.81 bits per heavy atom. The number of carbonyl (C=O) groups excluding carboxylic acids is 1. The summed E-state index contributed by atoms with van der Waals surface area (Å²) < 4.78 is 0. The summed E-state index contributed by atoms with van der Waals surface area (Å²) in [7, 11) is 0. The molecule has 0 saturated carbocycles. The molecule has 1 amide bonds. The zero-order chi connectivity index (χ0) is 15.2. The number of hydrogen-bond donors (Lipinski definition) is 2. The van der Waals surface area contributed by atoms with E-state index in [0.717, 1.165) is 18.8 Å². The van der Waals surface area contributed by atoms with Crippen molar-refractivity contribution >= 4 is 17.3 Å². The van der Waals surface area contributed by atoms with Gasteiger partial charge in [-0.25, -0.2) is 0 Å². The molecule has 1 fully saturated rings. The molecule has 3 N–H and O–H groups in total. The lowest BCUT2D eigenvalue weighted by atomic mass is 10.0. The average molecular weight is 289 g/mol. The Morgan fingerprint density at radius 3 is 2.38 bits per heavy atom. The van der Waals surface area contributed by atoms with E-state index in [0.29, 0.717) is 12.3 Å². The third-order valence-corrected chi connectivity index (χ3v) is 4.15. The van der Waals surface area contributed by atoms with E-state index in [1.54, 1.807) is 0 Å². The highest BCUT2D eigenvalue weighted by atomic mass is 16.1. The van der Waals surface area contributed by atoms with Crippen molar-refractivity contribution in [3.8, 4) is 0 Å². The lowest BCUT2D eigenvalue weighted by Crippen LogP contribution is -2.31. The maximum atomic E-state index is 11.9. The predicted octanol–water partition coefficient (Wildman–Crippen LogP) is 2.99. The zero-order valence-corrected chi connectivity index (χ0v) is 13.1. The molecule has 0 bridgehead atoms. The summed E-state index contributed by atoms with van der Waals surface area (Å²) in [6.45, 7) is 6.33. The molecular formula is C17H27N3O. The molecule has 0 aliphatic carbocycles. The second kappa shape index (κ2) is 7.46. The van der Waals surface area contributed by atoms with E-state index in [-0.39, 0.29) is 11.9 Å². The van der Waals surface area contributed by atoms with Crippen LogP contribution in [0, 0.1) is 5.92 Å². The van der Waals surface area contributed by atoms with Crippen LogP contribution in [0.5, 0.6) is 0 Å². The molecule has 1 saturated heterocycles. The van der Waals surface area contributed by atoms with Crippen molar-refractivity contribution in [2.24, 2.45) is 11.7 Å². The lowest BCUT2D eigenvalue weighted by Gasteiger charge is -2.28. The van der Waals surface area contributed by atoms with Gasteiger partial charge in [-0.05, 0) is 49.4 Å². The fourth-order valence-corrected chi connectivity index (χ4v) is 2.57. The topological polar surface area (TPSA) is 58.4 Å². The van der Waals surface area contributed by atoms with Crippen molar-refractivity contribution in [3.63, 3.8) is 0 Å². The van der Waals surface area contributed by atoms with Crippen LogP contribution in [0.1, 0.15) is 39.5 Å². The molecule has 21 heavy (non-hydrogen) atoms. The Kier molecular flexibility index (Phi) is 5.62. The second-order valence-electron chi connectivity index (χ2n) is 6.25. The largest absolute Gasteiger partial charge is 0.372 e. The molecule has 1 aliphatic heterocycles. The van der Waals surface area contributed by atoms with E-state index >= 15 is 0 Å². The SMILES string of the molecule is CC(C)C(N)CC(=O)Nc1ccc(N2CCCCC2)cc1. The molecule has 1 atom stereocenters. The summed E-state index contributed by atoms with van der Waals surface area (Å²) >= 11 is 0. The van der Waals surface area contributed by atoms with Crippen LogP contribution >= 0.6 is 0 Å². The Labute approximate surface area is 127 Å². The van der Waals surface area contributed by atoms with E-state index in [1.807, 2.05) is 26.0 Å². The van der Waals surface area contributed by atoms with Crippen molar-refractivity contribution in [1.82, 2.24) is 0 Å². The molecular weight excluding hydrogens is 262 g/mol. The predicted molar refractivity (Wildman–Crippen MR) is 88.6 cm³/mol. The molecule has 4 nitrogen and oxygen atoms in total. The fraction of sp³-hybridized carbons (Fsp3) is 0.588. The van der Waals surface area contributed by atoms with Crippen LogP contribution in [0.2, 0.25) is 0 Å². The average Bonchev–Trinajstić information content (AvgIpc) is 2.48. The fourth-order valence-electron chi connectivity index (χ4n) is 2.57. The second-order valence-corrected chi connectivity index (χ2v) is 6.25. The van der Waals surface area contributed by atoms with Crippen LogP contribution in [-0.4, -0.2) is 25.0 Å². The first kappa shape index (κ1) is 15.8. The summed E-state index contributed by atoms with van der Waals surface area (Å²) in [5.74, 6) is 0.305. The Morgan fingerprint density at radius 1 is 1.19 bits per heavy atom. The zero-order valence-electron chi connectivity index (χ0n) is 13.1. The number of rotatable bonds is 5. The first-order chi connectivity index (χ1) is 10.1. The normalized spacial score (nSPS) is 16.9. The van der Waals surface area contributed by atoms with Crippen molar-refractivity contribution in [1.29, 1.82) is 0 Å². The number of piperidine rings is 1. The van der Waals surface area contributed by atoms with Gasteiger partial charge in [-0.1, -0.05) is 13.8 Å². The molecule has 0 aromatic heterocycles. The number of amides is 1. The standard InChI is InChI=1S/C17H27N3O/c1-13(2)16(18)12-17(21)19-14-6-8-15(9-7-14)20-10-4-3-5-11-20/h6-9,13,16H,3-5,10-12,18H2,1-2H3,(H,19,21). The summed E-state index contributed by atoms with van der Waals surface area (Å²) in [6, 6.07) is 8.04. The van der Waals surface area contributed by atoms with Gasteiger partial charge in [0.25, 0.3) is 0 Å². The first-order valence-corrected chi connectivity index (χ1v) is 7.96. The highest BCUT2D eigenvalue weighted by molar-refractivity contribution is 5.91. The number of carbonyl (C=O) groups is 1. The van der Waals surface area contributed by atoms with Crippen molar-refractivity contribution in [3.05, 3.63) is 24.3 Å². The number of nitrogens with one attached hydrogen (secondary N) is 1. The Hall–Kier alpha value is -1.55. The van der Waals surface area contributed by atoms with Gasteiger partial charge in [-0.15, -0.1) is 0 Å². The Bertz CT molecular complexity index is 450. The van der Waals surface area contributed by atoms with Gasteiger partial charge in [0.2, 0.25) is 5.91 Å². The van der Waals surface area contributed by atoms with Crippen LogP contribution in [0.4, 0.5) is 11.4 Å². The molecule has 1 aromatic rings. The smallest absolute Gasteiger partial charge is 0.225 e. The molecule has 0 spiro atoms. The quantitative estimate of drug-likeness (QED) is 0.876. The molecule has 4 heteroatoms. The van der Waals surface area contributed by atoms with Crippen molar-refractivity contribution in [2.45, 2.75) is 45.6 Å². The van der Waals surface area contributed by atoms with E-state index in [4.69, 9.17) is 5.73 Å². The van der Waals surface area contributed by atoms with Crippen LogP contribution in [0.25, 0.3) is 0 Å². The number of benzene rings is 1. The van der Waals surface area contributed by atoms with Crippen LogP contribution in [0.3, 0.4) is 0 Å². The highest BCUT2D eigenvalue weighted by Gasteiger charge is 2.14. The van der Waals surface area contributed by atoms with E-state index in [9.17, 15) is 4.79 Å². The summed E-state index contributed by atoms with van der Waals surface area (Å²) in [4.78, 5) is 14.3. The van der Waals surface area contributed by atoms with E-state index < -0.39 is 0 Å². The maximum Gasteiger partial charge on any atom is 0.225 e. The number of anilines is 2. The third kappa shape index (κ3) is 4.74. The molecule has 1 unspecified atom stereocenters. The monoisotopic (exact) mass is 289 g/mol. The van der Waals surface area contributed by atoms with Crippen LogP contribution in [-0.2, 0) is 4.79 Å². The van der Waals surface area contributed by atoms with Gasteiger partial charge in [0.15, 0.2) is 0 Å². The van der Waals surface area contributed by atoms with Crippen molar-refractivity contribution < 1.29 is 4.79 Å². The van der Waals surface area contributed by atoms with Gasteiger partial charge in [-0.3, -0.25) is 4.79 Å². The minimum atomic E-state index is -0.0855. The number of nitrogens with zero attached hydrogens (tertiary/aromatic N) is 1. The van der Waals surface area contributed by atoms with E-state index in [2.05, 4.69) is 22.3 Å². The molecule has 0 radical (unpaired) electrons. The van der Waals surface area contributed by atoms with Gasteiger partial charge >= 0.3 is 0 Å². The van der Waals surface area contributed by atoms with Gasteiger partial charge in [0.1, 0.15) is 0 Å². The van der Waals surface area contributed by atoms with Crippen molar-refractivity contribution in [2.75, 3.05) is 23.3 Å². The van der Waals surface area contributed by atoms with Gasteiger partial charge in [0, 0.05) is 36.9 Å². The number of hydrogen-bond acceptors (Lipinski definition) is 3. The van der Waals surface area contributed by atoms with Crippen LogP contribution in [0.15, 0.2) is 24.3 Å². The first-order valence-electron chi connectivity index (χ1n) is 7.96. The number of nitrogens with two attached hydrogens (primary N) is 1. The molecule has 1 aromatic carbocycles. The highest BCUT2D eigenvalue weighted by Crippen LogP contribution is 2.22. The maximum absolute atomic E-state index is 11.9. The minimum Gasteiger partial charge on any atom is -0.372 e. The molecule has 2 rings (SSSR count). The third-order valence-electron chi connectivity index (χ3n) is 4.15. The van der Waals surface area contributed by atoms with Crippen LogP contribution < -0.4 is 16.0 Å². The summed E-state index contributed by atoms with van der Waals surface area (Å²) in [5, 5.41) is 2.92. The molecule has 1 heterocycles. The molecule has 116 valence electrons. The summed E-state index contributed by atoms with van der Waals surface area (Å²) in [5.41, 5.74) is 8.01. The minimum absolute atomic E-state index is 0.0121.